The SMILES string of the molecule is CCOC(=O)C(N)Cc1c[nH]c2cc(-c3ccc(Oc4ccccc4)cc3)ccc12. The number of fused-ring (bicyclic) bond motifs is 1. The van der Waals surface area contributed by atoms with Gasteiger partial charge in [-0.3, -0.25) is 4.79 Å². The molecule has 0 aliphatic heterocycles. The first-order valence-electron chi connectivity index (χ1n) is 9.99. The molecule has 0 aliphatic carbocycles. The fourth-order valence-electron chi connectivity index (χ4n) is 3.44. The van der Waals surface area contributed by atoms with Crippen molar-refractivity contribution in [2.45, 2.75) is 19.4 Å². The summed E-state index contributed by atoms with van der Waals surface area (Å²) in [5.41, 5.74) is 10.2. The number of para-hydroxylation sites is 1. The topological polar surface area (TPSA) is 77.3 Å². The highest BCUT2D eigenvalue weighted by atomic mass is 16.5. The monoisotopic (exact) mass is 400 g/mol. The van der Waals surface area contributed by atoms with Gasteiger partial charge in [0.25, 0.3) is 0 Å². The van der Waals surface area contributed by atoms with Gasteiger partial charge in [0.15, 0.2) is 0 Å². The fourth-order valence-corrected chi connectivity index (χ4v) is 3.44. The average Bonchev–Trinajstić information content (AvgIpc) is 3.17. The Bertz CT molecular complexity index is 1130. The Hall–Kier alpha value is -3.57. The van der Waals surface area contributed by atoms with Crippen LogP contribution in [0.4, 0.5) is 0 Å². The van der Waals surface area contributed by atoms with Gasteiger partial charge >= 0.3 is 5.97 Å². The zero-order valence-electron chi connectivity index (χ0n) is 16.8. The Morgan fingerprint density at radius 3 is 2.40 bits per heavy atom. The molecule has 3 N–H and O–H groups in total. The van der Waals surface area contributed by atoms with Crippen LogP contribution in [0.25, 0.3) is 22.0 Å². The lowest BCUT2D eigenvalue weighted by Gasteiger charge is -2.10. The zero-order chi connectivity index (χ0) is 20.9. The van der Waals surface area contributed by atoms with Crippen molar-refractivity contribution in [2.75, 3.05) is 6.61 Å². The Morgan fingerprint density at radius 1 is 0.967 bits per heavy atom. The molecule has 1 aromatic heterocycles. The van der Waals surface area contributed by atoms with Gasteiger partial charge in [0.1, 0.15) is 17.5 Å². The van der Waals surface area contributed by atoms with E-state index in [9.17, 15) is 4.79 Å². The highest BCUT2D eigenvalue weighted by molar-refractivity contribution is 5.88. The molecule has 30 heavy (non-hydrogen) atoms. The lowest BCUT2D eigenvalue weighted by atomic mass is 10.0. The molecule has 4 aromatic rings. The van der Waals surface area contributed by atoms with Crippen LogP contribution in [0.5, 0.6) is 11.5 Å². The Morgan fingerprint density at radius 2 is 1.67 bits per heavy atom. The van der Waals surface area contributed by atoms with Gasteiger partial charge < -0.3 is 20.2 Å². The molecule has 5 nitrogen and oxygen atoms in total. The number of rotatable bonds is 7. The summed E-state index contributed by atoms with van der Waals surface area (Å²) in [6, 6.07) is 23.3. The lowest BCUT2D eigenvalue weighted by molar-refractivity contribution is -0.144. The van der Waals surface area contributed by atoms with Gasteiger partial charge in [-0.25, -0.2) is 0 Å². The number of esters is 1. The van der Waals surface area contributed by atoms with E-state index in [2.05, 4.69) is 23.2 Å². The van der Waals surface area contributed by atoms with E-state index in [1.165, 1.54) is 0 Å². The van der Waals surface area contributed by atoms with E-state index in [1.54, 1.807) is 6.92 Å². The summed E-state index contributed by atoms with van der Waals surface area (Å²) in [4.78, 5) is 15.1. The number of carbonyl (C=O) groups is 1. The van der Waals surface area contributed by atoms with Crippen LogP contribution < -0.4 is 10.5 Å². The van der Waals surface area contributed by atoms with Gasteiger partial charge in [-0.05, 0) is 53.9 Å². The predicted octanol–water partition coefficient (Wildman–Crippen LogP) is 5.06. The van der Waals surface area contributed by atoms with E-state index in [1.807, 2.05) is 60.8 Å². The number of ether oxygens (including phenoxy) is 2. The third-order valence-electron chi connectivity index (χ3n) is 4.96. The van der Waals surface area contributed by atoms with E-state index in [0.717, 1.165) is 39.1 Å². The molecule has 0 saturated carbocycles. The molecule has 0 aliphatic rings. The molecule has 4 rings (SSSR count). The van der Waals surface area contributed by atoms with Crippen molar-refractivity contribution < 1.29 is 14.3 Å². The van der Waals surface area contributed by atoms with Crippen LogP contribution in [-0.2, 0) is 16.0 Å². The standard InChI is InChI=1S/C25H24N2O3/c1-2-29-25(28)23(26)14-19-16-27-24-15-18(10-13-22(19)24)17-8-11-21(12-9-17)30-20-6-4-3-5-7-20/h3-13,15-16,23,27H,2,14,26H2,1H3. The molecular weight excluding hydrogens is 376 g/mol. The molecular formula is C25H24N2O3. The first-order valence-corrected chi connectivity index (χ1v) is 9.99. The highest BCUT2D eigenvalue weighted by Gasteiger charge is 2.17. The van der Waals surface area contributed by atoms with Crippen molar-refractivity contribution >= 4 is 16.9 Å². The molecule has 1 heterocycles. The van der Waals surface area contributed by atoms with E-state index >= 15 is 0 Å². The highest BCUT2D eigenvalue weighted by Crippen LogP contribution is 2.29. The second-order valence-corrected chi connectivity index (χ2v) is 7.08. The number of nitrogens with one attached hydrogen (secondary N) is 1. The molecule has 1 atom stereocenters. The molecule has 3 aromatic carbocycles. The van der Waals surface area contributed by atoms with Crippen LogP contribution in [-0.4, -0.2) is 23.6 Å². The quantitative estimate of drug-likeness (QED) is 0.425. The molecule has 0 spiro atoms. The number of H-pyrrole nitrogens is 1. The maximum atomic E-state index is 11.8. The van der Waals surface area contributed by atoms with E-state index in [0.29, 0.717) is 13.0 Å². The molecule has 0 fully saturated rings. The van der Waals surface area contributed by atoms with Gasteiger partial charge in [0.2, 0.25) is 0 Å². The summed E-state index contributed by atoms with van der Waals surface area (Å²) in [5, 5.41) is 1.06. The van der Waals surface area contributed by atoms with Gasteiger partial charge in [-0.1, -0.05) is 42.5 Å². The summed E-state index contributed by atoms with van der Waals surface area (Å²) in [5.74, 6) is 1.23. The van der Waals surface area contributed by atoms with Crippen molar-refractivity contribution in [1.82, 2.24) is 4.98 Å². The molecule has 1 unspecified atom stereocenters. The van der Waals surface area contributed by atoms with Crippen LogP contribution in [0.2, 0.25) is 0 Å². The van der Waals surface area contributed by atoms with E-state index in [4.69, 9.17) is 15.2 Å². The maximum absolute atomic E-state index is 11.8. The number of aromatic nitrogens is 1. The smallest absolute Gasteiger partial charge is 0.323 e. The minimum absolute atomic E-state index is 0.332. The Balaban J connectivity index is 1.51. The first kappa shape index (κ1) is 19.7. The van der Waals surface area contributed by atoms with Gasteiger partial charge in [0, 0.05) is 23.5 Å². The van der Waals surface area contributed by atoms with E-state index in [-0.39, 0.29) is 5.97 Å². The zero-order valence-corrected chi connectivity index (χ0v) is 16.8. The number of benzene rings is 3. The number of nitrogens with two attached hydrogens (primary N) is 1. The number of hydrogen-bond donors (Lipinski definition) is 2. The molecule has 0 saturated heterocycles. The van der Waals surface area contributed by atoms with Crippen LogP contribution in [0.1, 0.15) is 12.5 Å². The van der Waals surface area contributed by atoms with Gasteiger partial charge in [-0.2, -0.15) is 0 Å². The predicted molar refractivity (Wildman–Crippen MR) is 119 cm³/mol. The van der Waals surface area contributed by atoms with Gasteiger partial charge in [0.05, 0.1) is 6.61 Å². The number of hydrogen-bond acceptors (Lipinski definition) is 4. The normalized spacial score (nSPS) is 11.9. The Kier molecular flexibility index (Phi) is 5.82. The summed E-state index contributed by atoms with van der Waals surface area (Å²) >= 11 is 0. The molecule has 0 bridgehead atoms. The summed E-state index contributed by atoms with van der Waals surface area (Å²) in [6.45, 7) is 2.11. The van der Waals surface area contributed by atoms with Crippen LogP contribution >= 0.6 is 0 Å². The Labute approximate surface area is 175 Å². The molecule has 0 amide bonds. The van der Waals surface area contributed by atoms with Gasteiger partial charge in [-0.15, -0.1) is 0 Å². The van der Waals surface area contributed by atoms with Crippen molar-refractivity contribution in [3.05, 3.63) is 84.6 Å². The largest absolute Gasteiger partial charge is 0.465 e. The third-order valence-corrected chi connectivity index (χ3v) is 4.96. The second kappa shape index (κ2) is 8.84. The minimum Gasteiger partial charge on any atom is -0.465 e. The van der Waals surface area contributed by atoms with E-state index < -0.39 is 6.04 Å². The molecule has 0 radical (unpaired) electrons. The van der Waals surface area contributed by atoms with Crippen molar-refractivity contribution in [3.8, 4) is 22.6 Å². The molecule has 152 valence electrons. The number of carbonyl (C=O) groups excluding carboxylic acids is 1. The summed E-state index contributed by atoms with van der Waals surface area (Å²) in [6.07, 6.45) is 2.34. The van der Waals surface area contributed by atoms with Crippen LogP contribution in [0, 0.1) is 0 Å². The van der Waals surface area contributed by atoms with Crippen LogP contribution in [0.3, 0.4) is 0 Å². The third kappa shape index (κ3) is 4.36. The second-order valence-electron chi connectivity index (χ2n) is 7.08. The summed E-state index contributed by atoms with van der Waals surface area (Å²) in [7, 11) is 0. The maximum Gasteiger partial charge on any atom is 0.323 e. The minimum atomic E-state index is -0.666. The first-order chi connectivity index (χ1) is 14.6. The van der Waals surface area contributed by atoms with Crippen LogP contribution in [0.15, 0.2) is 79.0 Å². The average molecular weight is 400 g/mol. The van der Waals surface area contributed by atoms with Crippen molar-refractivity contribution in [1.29, 1.82) is 0 Å². The van der Waals surface area contributed by atoms with Crippen molar-refractivity contribution in [3.63, 3.8) is 0 Å². The molecule has 5 heteroatoms. The van der Waals surface area contributed by atoms with Crippen molar-refractivity contribution in [2.24, 2.45) is 5.73 Å². The lowest BCUT2D eigenvalue weighted by Crippen LogP contribution is -2.34. The summed E-state index contributed by atoms with van der Waals surface area (Å²) < 4.78 is 10.9. The fraction of sp³-hybridized carbons (Fsp3) is 0.160. The number of aromatic amines is 1.